The molecule has 0 radical (unpaired) electrons. The van der Waals surface area contributed by atoms with Crippen molar-refractivity contribution in [2.75, 3.05) is 0 Å². The van der Waals surface area contributed by atoms with Crippen LogP contribution in [0.2, 0.25) is 0 Å². The minimum Gasteiger partial charge on any atom is -0.482 e. The highest BCUT2D eigenvalue weighted by atomic mass is 32.1. The van der Waals surface area contributed by atoms with Gasteiger partial charge in [0.25, 0.3) is 0 Å². The summed E-state index contributed by atoms with van der Waals surface area (Å²) in [7, 11) is 0. The second-order valence-corrected chi connectivity index (χ2v) is 14.8. The molecule has 2 spiro atoms. The number of hydrogen-bond acceptors (Lipinski definition) is 10. The number of fused-ring (bicyclic) bond motifs is 9. The van der Waals surface area contributed by atoms with Crippen LogP contribution in [0, 0.1) is 57.2 Å². The van der Waals surface area contributed by atoms with Gasteiger partial charge in [-0.3, -0.25) is 0 Å². The molecule has 4 heterocycles. The number of thiophene rings is 2. The molecule has 46 heavy (non-hydrogen) atoms. The number of hydrogen-bond donors (Lipinski definition) is 0. The Hall–Kier alpha value is -4.74. The first kappa shape index (κ1) is 28.7. The molecule has 2 aromatic heterocycles. The fraction of sp³-hybridized carbons (Fsp3) is 0.389. The zero-order chi connectivity index (χ0) is 31.5. The third-order valence-electron chi connectivity index (χ3n) is 10.1. The summed E-state index contributed by atoms with van der Waals surface area (Å²) in [6, 6.07) is 11.6. The van der Waals surface area contributed by atoms with Gasteiger partial charge < -0.3 is 9.47 Å². The lowest BCUT2D eigenvalue weighted by Gasteiger charge is -2.46. The molecule has 8 nitrogen and oxygen atoms in total. The van der Waals surface area contributed by atoms with Crippen molar-refractivity contribution >= 4 is 55.2 Å². The fourth-order valence-corrected chi connectivity index (χ4v) is 10.3. The highest BCUT2D eigenvalue weighted by molar-refractivity contribution is 7.17. The van der Waals surface area contributed by atoms with E-state index in [2.05, 4.69) is 34.3 Å². The van der Waals surface area contributed by atoms with Crippen LogP contribution in [0.5, 0.6) is 0 Å². The summed E-state index contributed by atoms with van der Waals surface area (Å²) >= 11 is 3.05. The molecule has 6 aliphatic rings. The van der Waals surface area contributed by atoms with Crippen molar-refractivity contribution in [3.63, 3.8) is 0 Å². The van der Waals surface area contributed by atoms with Gasteiger partial charge >= 0.3 is 0 Å². The second-order valence-electron chi connectivity index (χ2n) is 12.7. The molecule has 2 atom stereocenters. The minimum absolute atomic E-state index is 0.0561. The summed E-state index contributed by atoms with van der Waals surface area (Å²) < 4.78 is 14.0. The van der Waals surface area contributed by atoms with E-state index in [0.29, 0.717) is 10.0 Å². The molecule has 2 aromatic rings. The molecule has 10 heteroatoms. The molecule has 0 amide bonds. The summed E-state index contributed by atoms with van der Waals surface area (Å²) in [5.41, 5.74) is 3.14. The van der Waals surface area contributed by atoms with Gasteiger partial charge in [-0.25, -0.2) is 9.98 Å². The van der Waals surface area contributed by atoms with Crippen molar-refractivity contribution in [3.05, 3.63) is 68.8 Å². The molecule has 0 saturated heterocycles. The maximum Gasteiger partial charge on any atom is 0.219 e. The smallest absolute Gasteiger partial charge is 0.219 e. The van der Waals surface area contributed by atoms with Crippen LogP contribution in [0.25, 0.3) is 11.1 Å². The van der Waals surface area contributed by atoms with Crippen LogP contribution in [0.15, 0.2) is 57.9 Å². The normalized spacial score (nSPS) is 23.9. The van der Waals surface area contributed by atoms with E-state index < -0.39 is 11.2 Å². The predicted octanol–water partition coefficient (Wildman–Crippen LogP) is 8.92. The molecule has 2 fully saturated rings. The van der Waals surface area contributed by atoms with Crippen LogP contribution >= 0.6 is 22.7 Å². The lowest BCUT2D eigenvalue weighted by Crippen LogP contribution is -2.37. The van der Waals surface area contributed by atoms with E-state index in [-0.39, 0.29) is 23.3 Å². The Bertz CT molecular complexity index is 1850. The van der Waals surface area contributed by atoms with Gasteiger partial charge in [0.1, 0.15) is 57.0 Å². The highest BCUT2D eigenvalue weighted by Gasteiger charge is 2.48. The standard InChI is InChI=1S/C36H28N6O2S2/c37-17-23(18-38)41-31-15-27-33(45-31)25-11-22-14-30-26(12-21(22)13-29(25)43-35(27)7-3-1-4-8-35)34-28(36(44-30)9-5-2-6-10-36)16-32(46-34)42-24(19-39)20-40/h11-16,21-22H,1-10H2. The zero-order valence-electron chi connectivity index (χ0n) is 25.0. The van der Waals surface area contributed by atoms with Crippen LogP contribution in [0.3, 0.4) is 0 Å². The van der Waals surface area contributed by atoms with Crippen molar-refractivity contribution < 1.29 is 9.47 Å². The third kappa shape index (κ3) is 4.48. The minimum atomic E-state index is -0.440. The summed E-state index contributed by atoms with van der Waals surface area (Å²) in [5.74, 6) is 1.88. The Kier molecular flexibility index (Phi) is 6.84. The summed E-state index contributed by atoms with van der Waals surface area (Å²) in [5, 5.41) is 38.7. The summed E-state index contributed by atoms with van der Waals surface area (Å²) in [6.45, 7) is 0. The fourth-order valence-electron chi connectivity index (χ4n) is 8.01. The van der Waals surface area contributed by atoms with Gasteiger partial charge in [-0.05, 0) is 75.7 Å². The van der Waals surface area contributed by atoms with Crippen molar-refractivity contribution in [3.8, 4) is 24.3 Å². The number of nitrogens with zero attached hydrogens (tertiary/aromatic N) is 6. The first-order valence-corrected chi connectivity index (χ1v) is 17.4. The molecule has 4 aliphatic carbocycles. The predicted molar refractivity (Wildman–Crippen MR) is 176 cm³/mol. The van der Waals surface area contributed by atoms with E-state index in [9.17, 15) is 21.0 Å². The molecule has 0 bridgehead atoms. The first-order valence-electron chi connectivity index (χ1n) is 15.8. The van der Waals surface area contributed by atoms with Crippen LogP contribution < -0.4 is 0 Å². The molecule has 0 N–H and O–H groups in total. The maximum absolute atomic E-state index is 9.36. The van der Waals surface area contributed by atoms with Gasteiger partial charge in [0.2, 0.25) is 11.4 Å². The Morgan fingerprint density at radius 1 is 0.609 bits per heavy atom. The van der Waals surface area contributed by atoms with Crippen molar-refractivity contribution in [2.24, 2.45) is 21.8 Å². The van der Waals surface area contributed by atoms with E-state index >= 15 is 0 Å². The summed E-state index contributed by atoms with van der Waals surface area (Å²) in [6.07, 6.45) is 19.4. The molecular formula is C36H28N6O2S2. The summed E-state index contributed by atoms with van der Waals surface area (Å²) in [4.78, 5) is 11.0. The molecule has 2 unspecified atom stereocenters. The molecule has 2 aliphatic heterocycles. The Morgan fingerprint density at radius 3 is 1.37 bits per heavy atom. The van der Waals surface area contributed by atoms with Gasteiger partial charge in [0.15, 0.2) is 0 Å². The molecular weight excluding hydrogens is 613 g/mol. The zero-order valence-corrected chi connectivity index (χ0v) is 26.6. The Labute approximate surface area is 275 Å². The highest BCUT2D eigenvalue weighted by Crippen LogP contribution is 2.59. The largest absolute Gasteiger partial charge is 0.482 e. The number of nitriles is 4. The maximum atomic E-state index is 9.36. The number of allylic oxidation sites excluding steroid dienone is 6. The monoisotopic (exact) mass is 640 g/mol. The van der Waals surface area contributed by atoms with E-state index in [4.69, 9.17) is 9.47 Å². The van der Waals surface area contributed by atoms with Crippen molar-refractivity contribution in [1.82, 2.24) is 0 Å². The molecule has 8 rings (SSSR count). The van der Waals surface area contributed by atoms with Gasteiger partial charge in [-0.1, -0.05) is 25.0 Å². The average Bonchev–Trinajstić information content (AvgIpc) is 3.72. The van der Waals surface area contributed by atoms with Crippen molar-refractivity contribution in [2.45, 2.75) is 75.4 Å². The van der Waals surface area contributed by atoms with Gasteiger partial charge in [-0.2, -0.15) is 21.0 Å². The van der Waals surface area contributed by atoms with Crippen LogP contribution in [0.4, 0.5) is 10.0 Å². The third-order valence-corrected chi connectivity index (χ3v) is 12.2. The van der Waals surface area contributed by atoms with Crippen LogP contribution in [-0.2, 0) is 20.7 Å². The SMILES string of the molecule is N#CC(C#N)=Nc1cc2c(s1)C1=CC3C=C4OC5(CCCCC5)c5cc(N=C(C#N)C#N)sc5C4=CC3C=C1OC21CCCCC1. The van der Waals surface area contributed by atoms with Crippen molar-refractivity contribution in [1.29, 1.82) is 21.0 Å². The first-order chi connectivity index (χ1) is 22.5. The second kappa shape index (κ2) is 11.0. The number of rotatable bonds is 2. The van der Waals surface area contributed by atoms with E-state index in [0.717, 1.165) is 94.9 Å². The lowest BCUT2D eigenvalue weighted by atomic mass is 9.72. The van der Waals surface area contributed by atoms with E-state index in [1.54, 1.807) is 0 Å². The number of aliphatic imine (C=N–C) groups is 2. The average molecular weight is 641 g/mol. The molecule has 226 valence electrons. The quantitative estimate of drug-likeness (QED) is 0.300. The van der Waals surface area contributed by atoms with Gasteiger partial charge in [0.05, 0.1) is 0 Å². The molecule has 2 saturated carbocycles. The Morgan fingerprint density at radius 2 is 1.00 bits per heavy atom. The topological polar surface area (TPSA) is 138 Å². The van der Waals surface area contributed by atoms with E-state index in [1.165, 1.54) is 35.5 Å². The van der Waals surface area contributed by atoms with E-state index in [1.807, 2.05) is 36.4 Å². The Balaban J connectivity index is 1.24. The lowest BCUT2D eigenvalue weighted by molar-refractivity contribution is -0.0338. The molecule has 0 aromatic carbocycles. The van der Waals surface area contributed by atoms with Crippen LogP contribution in [-0.4, -0.2) is 11.4 Å². The van der Waals surface area contributed by atoms with Gasteiger partial charge in [0, 0.05) is 43.9 Å². The number of ether oxygens (including phenoxy) is 2. The van der Waals surface area contributed by atoms with Gasteiger partial charge in [-0.15, -0.1) is 22.7 Å². The van der Waals surface area contributed by atoms with Crippen LogP contribution in [0.1, 0.15) is 85.1 Å².